The van der Waals surface area contributed by atoms with Crippen molar-refractivity contribution in [1.29, 1.82) is 0 Å². The van der Waals surface area contributed by atoms with E-state index in [0.717, 1.165) is 12.1 Å². The van der Waals surface area contributed by atoms with Crippen LogP contribution in [0.5, 0.6) is 0 Å². The maximum atomic E-state index is 13.7. The molecule has 1 aliphatic heterocycles. The Morgan fingerprint density at radius 2 is 1.53 bits per heavy atom. The quantitative estimate of drug-likeness (QED) is 0.564. The van der Waals surface area contributed by atoms with Gasteiger partial charge in [-0.1, -0.05) is 18.2 Å². The predicted molar refractivity (Wildman–Crippen MR) is 106 cm³/mol. The van der Waals surface area contributed by atoms with Crippen molar-refractivity contribution < 1.29 is 37.0 Å². The highest BCUT2D eigenvalue weighted by molar-refractivity contribution is 6.23. The third-order valence-corrected chi connectivity index (χ3v) is 6.49. The Kier molecular flexibility index (Phi) is 5.08. The average Bonchev–Trinajstić information content (AvgIpc) is 2.96. The van der Waals surface area contributed by atoms with Crippen LogP contribution in [0.1, 0.15) is 36.8 Å². The second-order valence-electron chi connectivity index (χ2n) is 8.45. The van der Waals surface area contributed by atoms with Gasteiger partial charge in [0.1, 0.15) is 5.76 Å². The number of halogens is 5. The summed E-state index contributed by atoms with van der Waals surface area (Å²) in [6, 6.07) is 8.19. The minimum Gasteiger partial charge on any atom is -0.509 e. The van der Waals surface area contributed by atoms with Crippen molar-refractivity contribution in [3.05, 3.63) is 64.9 Å². The predicted octanol–water partition coefficient (Wildman–Crippen LogP) is 4.95. The number of carbonyl (C=O) groups is 1. The van der Waals surface area contributed by atoms with E-state index >= 15 is 0 Å². The largest absolute Gasteiger partial charge is 0.509 e. The molecule has 32 heavy (non-hydrogen) atoms. The molecule has 0 atom stereocenters. The number of hydrogen-bond donors (Lipinski definition) is 3. The van der Waals surface area contributed by atoms with Gasteiger partial charge >= 0.3 is 6.18 Å². The molecule has 170 valence electrons. The van der Waals surface area contributed by atoms with Crippen LogP contribution >= 0.6 is 0 Å². The first-order valence-corrected chi connectivity index (χ1v) is 9.99. The van der Waals surface area contributed by atoms with Crippen molar-refractivity contribution in [2.24, 2.45) is 0 Å². The Hall–Kier alpha value is -2.94. The van der Waals surface area contributed by atoms with Crippen LogP contribution in [-0.2, 0) is 4.79 Å². The fourth-order valence-corrected chi connectivity index (χ4v) is 4.42. The monoisotopic (exact) mass is 453 g/mol. The van der Waals surface area contributed by atoms with Crippen LogP contribution in [0.4, 0.5) is 22.0 Å². The SMILES string of the molecule is Cc1ccc(-c2ccc(F)c(F)c2)cc1C1=C(O)[C@]2(CC[C@@](O)(C(F)(F)F)CC2)NC1=O. The van der Waals surface area contributed by atoms with Crippen LogP contribution in [0.15, 0.2) is 42.2 Å². The van der Waals surface area contributed by atoms with Crippen molar-refractivity contribution in [2.75, 3.05) is 0 Å². The maximum Gasteiger partial charge on any atom is 0.417 e. The molecule has 4 rings (SSSR count). The van der Waals surface area contributed by atoms with E-state index in [9.17, 15) is 37.0 Å². The first-order valence-electron chi connectivity index (χ1n) is 9.99. The van der Waals surface area contributed by atoms with Crippen LogP contribution in [0, 0.1) is 18.6 Å². The van der Waals surface area contributed by atoms with Gasteiger partial charge in [0, 0.05) is 0 Å². The summed E-state index contributed by atoms with van der Waals surface area (Å²) in [4.78, 5) is 12.8. The molecule has 3 N–H and O–H groups in total. The summed E-state index contributed by atoms with van der Waals surface area (Å²) in [5, 5.41) is 23.5. The fourth-order valence-electron chi connectivity index (χ4n) is 4.42. The molecule has 1 heterocycles. The minimum atomic E-state index is -4.81. The van der Waals surface area contributed by atoms with E-state index < -0.39 is 47.7 Å². The standard InChI is InChI=1S/C23H20F5NO3/c1-12-2-3-13(14-4-5-16(24)17(25)11-14)10-15(12)18-19(30)21(29-20(18)31)6-8-22(32,9-7-21)23(26,27)28/h2-5,10-11,30,32H,6-9H2,1H3,(H,29,31)/t21-,22+. The van der Waals surface area contributed by atoms with Gasteiger partial charge in [0.2, 0.25) is 0 Å². The Bertz CT molecular complexity index is 1130. The third kappa shape index (κ3) is 3.44. The average molecular weight is 453 g/mol. The second kappa shape index (κ2) is 7.30. The lowest BCUT2D eigenvalue weighted by atomic mass is 9.73. The number of aliphatic hydroxyl groups is 2. The molecule has 1 saturated carbocycles. The van der Waals surface area contributed by atoms with Crippen molar-refractivity contribution in [1.82, 2.24) is 5.32 Å². The fraction of sp³-hybridized carbons (Fsp3) is 0.348. The Morgan fingerprint density at radius 3 is 2.12 bits per heavy atom. The van der Waals surface area contributed by atoms with Gasteiger partial charge in [-0.2, -0.15) is 13.2 Å². The molecule has 2 aromatic carbocycles. The van der Waals surface area contributed by atoms with Gasteiger partial charge in [-0.25, -0.2) is 8.78 Å². The molecule has 2 aliphatic rings. The summed E-state index contributed by atoms with van der Waals surface area (Å²) >= 11 is 0. The molecule has 1 fully saturated rings. The van der Waals surface area contributed by atoms with Gasteiger partial charge in [0.05, 0.1) is 11.1 Å². The summed E-state index contributed by atoms with van der Waals surface area (Å²) in [6.45, 7) is 1.69. The van der Waals surface area contributed by atoms with E-state index in [1.807, 2.05) is 0 Å². The number of aliphatic hydroxyl groups excluding tert-OH is 1. The highest BCUT2D eigenvalue weighted by Crippen LogP contribution is 2.49. The lowest BCUT2D eigenvalue weighted by Gasteiger charge is -2.42. The highest BCUT2D eigenvalue weighted by atomic mass is 19.4. The highest BCUT2D eigenvalue weighted by Gasteiger charge is 2.59. The van der Waals surface area contributed by atoms with Crippen LogP contribution in [0.25, 0.3) is 16.7 Å². The third-order valence-electron chi connectivity index (χ3n) is 6.49. The summed E-state index contributed by atoms with van der Waals surface area (Å²) in [5.74, 6) is -3.07. The normalized spacial score (nSPS) is 26.0. The zero-order chi connectivity index (χ0) is 23.5. The van der Waals surface area contributed by atoms with Crippen LogP contribution in [0.2, 0.25) is 0 Å². The molecule has 2 aromatic rings. The van der Waals surface area contributed by atoms with Gasteiger partial charge < -0.3 is 15.5 Å². The van der Waals surface area contributed by atoms with Gasteiger partial charge in [-0.3, -0.25) is 4.79 Å². The van der Waals surface area contributed by atoms with E-state index in [1.165, 1.54) is 6.07 Å². The number of hydrogen-bond acceptors (Lipinski definition) is 3. The topological polar surface area (TPSA) is 69.6 Å². The molecule has 0 saturated heterocycles. The van der Waals surface area contributed by atoms with Gasteiger partial charge in [0.25, 0.3) is 5.91 Å². The maximum absolute atomic E-state index is 13.7. The summed E-state index contributed by atoms with van der Waals surface area (Å²) in [7, 11) is 0. The van der Waals surface area contributed by atoms with Crippen LogP contribution < -0.4 is 5.32 Å². The number of alkyl halides is 3. The zero-order valence-electron chi connectivity index (χ0n) is 17.0. The molecule has 0 radical (unpaired) electrons. The number of benzene rings is 2. The van der Waals surface area contributed by atoms with Crippen molar-refractivity contribution in [3.63, 3.8) is 0 Å². The summed E-state index contributed by atoms with van der Waals surface area (Å²) in [6.07, 6.45) is -6.71. The van der Waals surface area contributed by atoms with Crippen molar-refractivity contribution >= 4 is 11.5 Å². The molecule has 1 aliphatic carbocycles. The van der Waals surface area contributed by atoms with Crippen molar-refractivity contribution in [2.45, 2.75) is 49.9 Å². The van der Waals surface area contributed by atoms with Gasteiger partial charge in [-0.15, -0.1) is 0 Å². The van der Waals surface area contributed by atoms with E-state index in [4.69, 9.17) is 0 Å². The van der Waals surface area contributed by atoms with Crippen LogP contribution in [0.3, 0.4) is 0 Å². The summed E-state index contributed by atoms with van der Waals surface area (Å²) < 4.78 is 66.4. The number of nitrogens with one attached hydrogen (secondary N) is 1. The molecule has 9 heteroatoms. The minimum absolute atomic E-state index is 0.0793. The molecule has 0 unspecified atom stereocenters. The smallest absolute Gasteiger partial charge is 0.417 e. The molecule has 4 nitrogen and oxygen atoms in total. The number of rotatable bonds is 2. The van der Waals surface area contributed by atoms with E-state index in [1.54, 1.807) is 25.1 Å². The lowest BCUT2D eigenvalue weighted by molar-refractivity contribution is -0.272. The number of amides is 1. The molecule has 1 spiro atoms. The van der Waals surface area contributed by atoms with E-state index in [2.05, 4.69) is 5.32 Å². The molecule has 0 bridgehead atoms. The van der Waals surface area contributed by atoms with Crippen LogP contribution in [-0.4, -0.2) is 33.4 Å². The molecule has 0 aromatic heterocycles. The molecular formula is C23H20F5NO3. The molecule has 1 amide bonds. The first kappa shape index (κ1) is 22.3. The number of aryl methyl sites for hydroxylation is 1. The van der Waals surface area contributed by atoms with Gasteiger partial charge in [-0.05, 0) is 73.1 Å². The second-order valence-corrected chi connectivity index (χ2v) is 8.45. The summed E-state index contributed by atoms with van der Waals surface area (Å²) in [5.41, 5.74) is -2.59. The lowest BCUT2D eigenvalue weighted by Crippen LogP contribution is -2.56. The Balaban J connectivity index is 1.73. The molecular weight excluding hydrogens is 433 g/mol. The first-order chi connectivity index (χ1) is 14.9. The van der Waals surface area contributed by atoms with E-state index in [0.29, 0.717) is 22.3 Å². The Morgan fingerprint density at radius 1 is 0.938 bits per heavy atom. The van der Waals surface area contributed by atoms with E-state index in [-0.39, 0.29) is 24.2 Å². The number of carbonyl (C=O) groups excluding carboxylic acids is 1. The van der Waals surface area contributed by atoms with Gasteiger partial charge in [0.15, 0.2) is 17.2 Å². The van der Waals surface area contributed by atoms with Crippen molar-refractivity contribution in [3.8, 4) is 11.1 Å². The zero-order valence-corrected chi connectivity index (χ0v) is 17.0. The Labute approximate surface area is 180 Å².